The Hall–Kier alpha value is -1.17. The predicted octanol–water partition coefficient (Wildman–Crippen LogP) is 1.85. The normalized spacial score (nSPS) is 10.4. The molecule has 0 heterocycles. The Morgan fingerprint density at radius 2 is 1.83 bits per heavy atom. The van der Waals surface area contributed by atoms with Crippen molar-refractivity contribution in [2.75, 3.05) is 19.5 Å². The van der Waals surface area contributed by atoms with Crippen molar-refractivity contribution >= 4 is 16.2 Å². The Kier molecular flexibility index (Phi) is 8.28. The van der Waals surface area contributed by atoms with Gasteiger partial charge >= 0.3 is 0 Å². The molecule has 0 saturated heterocycles. The quantitative estimate of drug-likeness (QED) is 0.831. The fourth-order valence-corrected chi connectivity index (χ4v) is 1.52. The molecule has 0 atom stereocenters. The van der Waals surface area contributed by atoms with E-state index in [9.17, 15) is 8.42 Å². The number of aliphatic hydroxyl groups is 1. The van der Waals surface area contributed by atoms with Crippen molar-refractivity contribution < 1.29 is 17.7 Å². The van der Waals surface area contributed by atoms with Crippen molar-refractivity contribution in [1.29, 1.82) is 0 Å². The number of aliphatic hydroxyl groups excluding tert-OH is 1. The van der Waals surface area contributed by atoms with Gasteiger partial charge in [-0.25, -0.2) is 0 Å². The first-order chi connectivity index (χ1) is 8.42. The van der Waals surface area contributed by atoms with Crippen LogP contribution in [0.2, 0.25) is 0 Å². The topological polar surface area (TPSA) is 63.6 Å². The summed E-state index contributed by atoms with van der Waals surface area (Å²) in [6.45, 7) is 5.77. The molecule has 18 heavy (non-hydrogen) atoms. The molecule has 1 rings (SSSR count). The van der Waals surface area contributed by atoms with E-state index >= 15 is 0 Å². The Balaban J connectivity index is 0.000000873. The van der Waals surface area contributed by atoms with E-state index in [1.807, 2.05) is 24.3 Å². The van der Waals surface area contributed by atoms with Gasteiger partial charge in [0.2, 0.25) is 0 Å². The molecule has 0 unspecified atom stereocenters. The van der Waals surface area contributed by atoms with Gasteiger partial charge in [-0.2, -0.15) is 8.42 Å². The molecule has 5 heteroatoms. The molecule has 0 bridgehead atoms. The average molecular weight is 272 g/mol. The molecule has 4 nitrogen and oxygen atoms in total. The minimum absolute atomic E-state index is 0.187. The first kappa shape index (κ1) is 16.8. The van der Waals surface area contributed by atoms with E-state index in [1.54, 1.807) is 13.0 Å². The summed E-state index contributed by atoms with van der Waals surface area (Å²) in [6, 6.07) is 7.73. The number of rotatable bonds is 5. The summed E-state index contributed by atoms with van der Waals surface area (Å²) in [6.07, 6.45) is 3.40. The molecule has 0 radical (unpaired) electrons. The largest absolute Gasteiger partial charge is 0.397 e. The SMILES string of the molecule is C=Cc1ccc(CCOS(C)(=O)=O)cc1.CCO. The van der Waals surface area contributed by atoms with Crippen LogP contribution < -0.4 is 0 Å². The lowest BCUT2D eigenvalue weighted by atomic mass is 10.1. The minimum Gasteiger partial charge on any atom is -0.397 e. The summed E-state index contributed by atoms with van der Waals surface area (Å²) < 4.78 is 26.0. The maximum Gasteiger partial charge on any atom is 0.264 e. The first-order valence-corrected chi connectivity index (χ1v) is 7.41. The molecule has 0 aromatic heterocycles. The molecule has 0 spiro atoms. The van der Waals surface area contributed by atoms with Crippen LogP contribution in [0.15, 0.2) is 30.8 Å². The molecule has 0 saturated carbocycles. The van der Waals surface area contributed by atoms with Gasteiger partial charge in [-0.3, -0.25) is 4.18 Å². The van der Waals surface area contributed by atoms with E-state index in [1.165, 1.54) is 0 Å². The highest BCUT2D eigenvalue weighted by atomic mass is 32.2. The first-order valence-electron chi connectivity index (χ1n) is 5.59. The maximum atomic E-state index is 10.7. The van der Waals surface area contributed by atoms with Crippen molar-refractivity contribution in [3.05, 3.63) is 42.0 Å². The van der Waals surface area contributed by atoms with Crippen LogP contribution in [0.3, 0.4) is 0 Å². The van der Waals surface area contributed by atoms with Gasteiger partial charge in [-0.15, -0.1) is 0 Å². The van der Waals surface area contributed by atoms with Gasteiger partial charge in [-0.05, 0) is 24.5 Å². The monoisotopic (exact) mass is 272 g/mol. The standard InChI is InChI=1S/C11H14O3S.C2H6O/c1-3-10-4-6-11(7-5-10)8-9-14-15(2,12)13;1-2-3/h3-7H,1,8-9H2,2H3;3H,2H2,1H3. The minimum atomic E-state index is -3.32. The second kappa shape index (κ2) is 8.85. The molecule has 1 aromatic rings. The predicted molar refractivity (Wildman–Crippen MR) is 73.8 cm³/mol. The molecule has 1 aromatic carbocycles. The van der Waals surface area contributed by atoms with Gasteiger partial charge in [0.05, 0.1) is 12.9 Å². The summed E-state index contributed by atoms with van der Waals surface area (Å²) in [5, 5.41) is 7.57. The number of hydrogen-bond acceptors (Lipinski definition) is 4. The molecule has 0 aliphatic heterocycles. The van der Waals surface area contributed by atoms with Crippen LogP contribution >= 0.6 is 0 Å². The van der Waals surface area contributed by atoms with Gasteiger partial charge in [0, 0.05) is 6.61 Å². The molecule has 0 amide bonds. The second-order valence-electron chi connectivity index (χ2n) is 3.54. The Morgan fingerprint density at radius 1 is 1.33 bits per heavy atom. The summed E-state index contributed by atoms with van der Waals surface area (Å²) in [7, 11) is -3.32. The van der Waals surface area contributed by atoms with Crippen molar-refractivity contribution in [2.45, 2.75) is 13.3 Å². The van der Waals surface area contributed by atoms with Crippen molar-refractivity contribution in [2.24, 2.45) is 0 Å². The van der Waals surface area contributed by atoms with E-state index in [0.29, 0.717) is 6.42 Å². The van der Waals surface area contributed by atoms with Crippen LogP contribution in [0, 0.1) is 0 Å². The Bertz CT molecular complexity index is 435. The van der Waals surface area contributed by atoms with Crippen LogP contribution in [0.1, 0.15) is 18.1 Å². The van der Waals surface area contributed by atoms with E-state index in [0.717, 1.165) is 17.4 Å². The van der Waals surface area contributed by atoms with Crippen LogP contribution in [-0.2, 0) is 20.7 Å². The zero-order chi connectivity index (χ0) is 14.0. The fraction of sp³-hybridized carbons (Fsp3) is 0.385. The van der Waals surface area contributed by atoms with Crippen LogP contribution in [0.4, 0.5) is 0 Å². The van der Waals surface area contributed by atoms with Gasteiger partial charge in [0.25, 0.3) is 10.1 Å². The fourth-order valence-electron chi connectivity index (χ4n) is 1.13. The molecular weight excluding hydrogens is 252 g/mol. The van der Waals surface area contributed by atoms with Gasteiger partial charge in [0.15, 0.2) is 0 Å². The Morgan fingerprint density at radius 3 is 2.22 bits per heavy atom. The lowest BCUT2D eigenvalue weighted by molar-refractivity contribution is 0.318. The lowest BCUT2D eigenvalue weighted by Gasteiger charge is -2.02. The zero-order valence-electron chi connectivity index (χ0n) is 10.8. The average Bonchev–Trinajstić information content (AvgIpc) is 2.29. The molecule has 102 valence electrons. The van der Waals surface area contributed by atoms with E-state index in [-0.39, 0.29) is 13.2 Å². The maximum absolute atomic E-state index is 10.7. The van der Waals surface area contributed by atoms with Crippen LogP contribution in [0.5, 0.6) is 0 Å². The zero-order valence-corrected chi connectivity index (χ0v) is 11.6. The van der Waals surface area contributed by atoms with Gasteiger partial charge in [-0.1, -0.05) is 36.9 Å². The third-order valence-electron chi connectivity index (χ3n) is 1.90. The van der Waals surface area contributed by atoms with Crippen molar-refractivity contribution in [3.8, 4) is 0 Å². The smallest absolute Gasteiger partial charge is 0.264 e. The highest BCUT2D eigenvalue weighted by Gasteiger charge is 2.01. The molecule has 0 aliphatic carbocycles. The van der Waals surface area contributed by atoms with E-state index < -0.39 is 10.1 Å². The van der Waals surface area contributed by atoms with E-state index in [4.69, 9.17) is 5.11 Å². The van der Waals surface area contributed by atoms with Gasteiger partial charge < -0.3 is 5.11 Å². The number of hydrogen-bond donors (Lipinski definition) is 1. The van der Waals surface area contributed by atoms with Crippen molar-refractivity contribution in [1.82, 2.24) is 0 Å². The summed E-state index contributed by atoms with van der Waals surface area (Å²) in [5.41, 5.74) is 2.09. The Labute approximate surface area is 109 Å². The summed E-state index contributed by atoms with van der Waals surface area (Å²) in [5.74, 6) is 0. The van der Waals surface area contributed by atoms with Gasteiger partial charge in [0.1, 0.15) is 0 Å². The van der Waals surface area contributed by atoms with Crippen molar-refractivity contribution in [3.63, 3.8) is 0 Å². The lowest BCUT2D eigenvalue weighted by Crippen LogP contribution is -2.06. The highest BCUT2D eigenvalue weighted by molar-refractivity contribution is 7.85. The molecule has 0 aliphatic rings. The van der Waals surface area contributed by atoms with E-state index in [2.05, 4.69) is 10.8 Å². The summed E-state index contributed by atoms with van der Waals surface area (Å²) in [4.78, 5) is 0. The third kappa shape index (κ3) is 8.92. The van der Waals surface area contributed by atoms with Crippen LogP contribution in [-0.4, -0.2) is 33.0 Å². The second-order valence-corrected chi connectivity index (χ2v) is 5.18. The highest BCUT2D eigenvalue weighted by Crippen LogP contribution is 2.06. The molecule has 1 N–H and O–H groups in total. The summed E-state index contributed by atoms with van der Waals surface area (Å²) >= 11 is 0. The molecule has 0 fully saturated rings. The third-order valence-corrected chi connectivity index (χ3v) is 2.50. The van der Waals surface area contributed by atoms with Crippen LogP contribution in [0.25, 0.3) is 6.08 Å². The molecular formula is C13H20O4S. The number of benzene rings is 1.